The van der Waals surface area contributed by atoms with E-state index in [1.54, 1.807) is 13.8 Å². The summed E-state index contributed by atoms with van der Waals surface area (Å²) in [5.74, 6) is -0.754. The molecule has 0 heterocycles. The van der Waals surface area contributed by atoms with E-state index in [0.29, 0.717) is 0 Å². The predicted octanol–water partition coefficient (Wildman–Crippen LogP) is 2.18. The summed E-state index contributed by atoms with van der Waals surface area (Å²) in [6.45, 7) is 3.82. The number of carbonyl (C=O) groups excluding carboxylic acids is 1. The summed E-state index contributed by atoms with van der Waals surface area (Å²) in [5, 5.41) is 0. The predicted molar refractivity (Wildman–Crippen MR) is 51.3 cm³/mol. The molecule has 0 N–H and O–H groups in total. The molecule has 0 spiro atoms. The number of alkyl halides is 1. The molecule has 84 valence electrons. The van der Waals surface area contributed by atoms with Crippen molar-refractivity contribution < 1.29 is 22.8 Å². The average Bonchev–Trinajstić information content (AvgIpc) is 2.16. The lowest BCUT2D eigenvalue weighted by Gasteiger charge is -2.21. The van der Waals surface area contributed by atoms with E-state index in [1.807, 2.05) is 0 Å². The molecular weight excluding hydrogens is 210 g/mol. The Labute approximate surface area is 83.3 Å². The van der Waals surface area contributed by atoms with Crippen LogP contribution in [-0.4, -0.2) is 31.3 Å². The summed E-state index contributed by atoms with van der Waals surface area (Å²) in [6.07, 6.45) is 0. The highest BCUT2D eigenvalue weighted by Gasteiger charge is 2.36. The highest BCUT2D eigenvalue weighted by Crippen LogP contribution is 2.53. The van der Waals surface area contributed by atoms with Crippen molar-refractivity contribution in [1.29, 1.82) is 0 Å². The van der Waals surface area contributed by atoms with Crippen molar-refractivity contribution in [3.63, 3.8) is 0 Å². The second-order valence-corrected chi connectivity index (χ2v) is 5.02. The molecule has 0 rings (SSSR count). The van der Waals surface area contributed by atoms with Crippen LogP contribution in [0.3, 0.4) is 0 Å². The average molecular weight is 226 g/mol. The minimum Gasteiger partial charge on any atom is -0.308 e. The third kappa shape index (κ3) is 3.48. The Morgan fingerprint density at radius 2 is 1.79 bits per heavy atom. The number of Topliss-reactive ketones (excluding diaryl/α,β-unsaturated/α-hetero) is 1. The molecular formula is C8H16FO4P. The number of rotatable bonds is 7. The number of halogens is 1. The Kier molecular flexibility index (Phi) is 6.16. The van der Waals surface area contributed by atoms with Gasteiger partial charge in [0.05, 0.1) is 13.2 Å². The van der Waals surface area contributed by atoms with E-state index < -0.39 is 25.7 Å². The fourth-order valence-electron chi connectivity index (χ4n) is 0.909. The van der Waals surface area contributed by atoms with Crippen LogP contribution in [0.2, 0.25) is 0 Å². The van der Waals surface area contributed by atoms with Crippen LogP contribution in [0.1, 0.15) is 20.8 Å². The SMILES string of the molecule is CCOP(=O)(OCC)C(C)C(=O)CF. The molecule has 0 amide bonds. The van der Waals surface area contributed by atoms with E-state index in [-0.39, 0.29) is 13.2 Å². The molecule has 0 saturated heterocycles. The van der Waals surface area contributed by atoms with Crippen molar-refractivity contribution >= 4 is 13.4 Å². The summed E-state index contributed by atoms with van der Waals surface area (Å²) >= 11 is 0. The molecule has 1 unspecified atom stereocenters. The van der Waals surface area contributed by atoms with E-state index in [2.05, 4.69) is 0 Å². The van der Waals surface area contributed by atoms with Gasteiger partial charge < -0.3 is 9.05 Å². The molecule has 0 saturated carbocycles. The Bertz CT molecular complexity index is 221. The number of hydrogen-bond donors (Lipinski definition) is 0. The number of carbonyl (C=O) groups is 1. The molecule has 0 aliphatic heterocycles. The fraction of sp³-hybridized carbons (Fsp3) is 0.875. The van der Waals surface area contributed by atoms with Gasteiger partial charge in [-0.25, -0.2) is 4.39 Å². The molecule has 0 aliphatic rings. The highest BCUT2D eigenvalue weighted by atomic mass is 31.2. The van der Waals surface area contributed by atoms with Gasteiger partial charge in [0.2, 0.25) is 0 Å². The summed E-state index contributed by atoms with van der Waals surface area (Å²) < 4.78 is 33.7. The highest BCUT2D eigenvalue weighted by molar-refractivity contribution is 7.55. The molecule has 4 nitrogen and oxygen atoms in total. The molecule has 14 heavy (non-hydrogen) atoms. The first kappa shape index (κ1) is 13.8. The normalized spacial score (nSPS) is 14.0. The molecule has 0 aromatic carbocycles. The molecule has 0 radical (unpaired) electrons. The maximum atomic E-state index is 12.1. The standard InChI is InChI=1S/C8H16FO4P/c1-4-12-14(11,13-5-2)7(3)8(10)6-9/h7H,4-6H2,1-3H3. The van der Waals surface area contributed by atoms with Gasteiger partial charge in [-0.3, -0.25) is 9.36 Å². The van der Waals surface area contributed by atoms with Crippen molar-refractivity contribution in [3.8, 4) is 0 Å². The van der Waals surface area contributed by atoms with E-state index in [4.69, 9.17) is 9.05 Å². The Balaban J connectivity index is 4.63. The Hall–Kier alpha value is -0.250. The van der Waals surface area contributed by atoms with Gasteiger partial charge in [0.25, 0.3) is 0 Å². The van der Waals surface area contributed by atoms with E-state index in [0.717, 1.165) is 0 Å². The van der Waals surface area contributed by atoms with Gasteiger partial charge >= 0.3 is 7.60 Å². The van der Waals surface area contributed by atoms with Crippen LogP contribution in [0.25, 0.3) is 0 Å². The lowest BCUT2D eigenvalue weighted by molar-refractivity contribution is -0.119. The molecule has 1 atom stereocenters. The van der Waals surface area contributed by atoms with Gasteiger partial charge in [-0.2, -0.15) is 0 Å². The summed E-state index contributed by atoms with van der Waals surface area (Å²) in [5.41, 5.74) is -1.03. The molecule has 6 heteroatoms. The number of ketones is 1. The fourth-order valence-corrected chi connectivity index (χ4v) is 2.57. The third-order valence-electron chi connectivity index (χ3n) is 1.69. The molecule has 0 aromatic heterocycles. The summed E-state index contributed by atoms with van der Waals surface area (Å²) in [6, 6.07) is 0. The molecule has 0 aromatic rings. The van der Waals surface area contributed by atoms with Gasteiger partial charge in [-0.05, 0) is 20.8 Å². The summed E-state index contributed by atoms with van der Waals surface area (Å²) in [7, 11) is -3.47. The maximum absolute atomic E-state index is 12.1. The van der Waals surface area contributed by atoms with Crippen LogP contribution >= 0.6 is 7.60 Å². The molecule has 0 aliphatic carbocycles. The minimum absolute atomic E-state index is 0.168. The quantitative estimate of drug-likeness (QED) is 0.624. The first-order chi connectivity index (χ1) is 6.51. The topological polar surface area (TPSA) is 52.6 Å². The monoisotopic (exact) mass is 226 g/mol. The zero-order chi connectivity index (χ0) is 11.2. The van der Waals surface area contributed by atoms with Crippen molar-refractivity contribution in [2.24, 2.45) is 0 Å². The van der Waals surface area contributed by atoms with Crippen molar-refractivity contribution in [2.45, 2.75) is 26.4 Å². The van der Waals surface area contributed by atoms with Crippen LogP contribution in [0.4, 0.5) is 4.39 Å². The second kappa shape index (κ2) is 6.27. The van der Waals surface area contributed by atoms with E-state index in [1.165, 1.54) is 6.92 Å². The van der Waals surface area contributed by atoms with E-state index in [9.17, 15) is 13.8 Å². The summed E-state index contributed by atoms with van der Waals surface area (Å²) in [4.78, 5) is 11.0. The number of hydrogen-bond acceptors (Lipinski definition) is 4. The van der Waals surface area contributed by atoms with Crippen LogP contribution < -0.4 is 0 Å². The van der Waals surface area contributed by atoms with Crippen molar-refractivity contribution in [1.82, 2.24) is 0 Å². The smallest absolute Gasteiger partial charge is 0.308 e. The van der Waals surface area contributed by atoms with Gasteiger partial charge in [-0.15, -0.1) is 0 Å². The lowest BCUT2D eigenvalue weighted by Crippen LogP contribution is -2.21. The minimum atomic E-state index is -3.47. The Morgan fingerprint density at radius 3 is 2.07 bits per heavy atom. The first-order valence-corrected chi connectivity index (χ1v) is 6.10. The van der Waals surface area contributed by atoms with Crippen molar-refractivity contribution in [2.75, 3.05) is 19.9 Å². The zero-order valence-corrected chi connectivity index (χ0v) is 9.55. The van der Waals surface area contributed by atoms with Crippen LogP contribution in [0.5, 0.6) is 0 Å². The first-order valence-electron chi connectivity index (χ1n) is 4.49. The zero-order valence-electron chi connectivity index (χ0n) is 8.66. The van der Waals surface area contributed by atoms with E-state index >= 15 is 0 Å². The van der Waals surface area contributed by atoms with Gasteiger partial charge in [-0.1, -0.05) is 0 Å². The molecule has 0 bridgehead atoms. The van der Waals surface area contributed by atoms with Gasteiger partial charge in [0.1, 0.15) is 12.3 Å². The van der Waals surface area contributed by atoms with Crippen molar-refractivity contribution in [3.05, 3.63) is 0 Å². The second-order valence-electron chi connectivity index (χ2n) is 2.65. The third-order valence-corrected chi connectivity index (χ3v) is 4.16. The molecule has 0 fully saturated rings. The van der Waals surface area contributed by atoms with Gasteiger partial charge in [0, 0.05) is 0 Å². The van der Waals surface area contributed by atoms with Crippen LogP contribution in [0, 0.1) is 0 Å². The van der Waals surface area contributed by atoms with Crippen LogP contribution in [0.15, 0.2) is 0 Å². The Morgan fingerprint density at radius 1 is 1.36 bits per heavy atom. The maximum Gasteiger partial charge on any atom is 0.340 e. The largest absolute Gasteiger partial charge is 0.340 e. The van der Waals surface area contributed by atoms with Gasteiger partial charge in [0.15, 0.2) is 5.78 Å². The lowest BCUT2D eigenvalue weighted by atomic mass is 10.3. The van der Waals surface area contributed by atoms with Crippen LogP contribution in [-0.2, 0) is 18.4 Å².